The van der Waals surface area contributed by atoms with Gasteiger partial charge >= 0.3 is 0 Å². The molecule has 0 saturated heterocycles. The van der Waals surface area contributed by atoms with Crippen molar-refractivity contribution in [3.8, 4) is 11.5 Å². The lowest BCUT2D eigenvalue weighted by atomic mass is 10.1. The fourth-order valence-corrected chi connectivity index (χ4v) is 3.33. The van der Waals surface area contributed by atoms with Gasteiger partial charge in [0.05, 0.1) is 11.9 Å². The minimum absolute atomic E-state index is 0.0230. The number of rotatable bonds is 4. The number of aromatic nitrogens is 4. The van der Waals surface area contributed by atoms with E-state index < -0.39 is 0 Å². The smallest absolute Gasteiger partial charge is 0.213 e. The van der Waals surface area contributed by atoms with Crippen LogP contribution in [0, 0.1) is 6.92 Å². The number of aryl methyl sites for hydroxylation is 1. The first-order valence-corrected chi connectivity index (χ1v) is 9.13. The summed E-state index contributed by atoms with van der Waals surface area (Å²) in [4.78, 5) is 13.0. The second kappa shape index (κ2) is 6.92. The summed E-state index contributed by atoms with van der Waals surface area (Å²) in [6.07, 6.45) is 4.32. The molecule has 4 aromatic rings. The second-order valence-electron chi connectivity index (χ2n) is 6.91. The minimum Gasteiger partial charge on any atom is -0.486 e. The lowest BCUT2D eigenvalue weighted by Crippen LogP contribution is -2.31. The standard InChI is InChI=1S/C21H18N4O3/c1-13-2-5-18-19(6-13)28-16(11-26-18)8-14-3-4-17-15(7-14)10-22-20(24-17)9-21-23-12-27-25-21/h2-7,10,12,16H,8-9,11H2,1H3. The van der Waals surface area contributed by atoms with E-state index in [1.54, 1.807) is 0 Å². The Morgan fingerprint density at radius 2 is 2.00 bits per heavy atom. The van der Waals surface area contributed by atoms with Crippen molar-refractivity contribution in [3.05, 3.63) is 71.8 Å². The normalized spacial score (nSPS) is 15.7. The van der Waals surface area contributed by atoms with Crippen LogP contribution in [0.2, 0.25) is 0 Å². The van der Waals surface area contributed by atoms with Crippen LogP contribution in [0.15, 0.2) is 53.5 Å². The van der Waals surface area contributed by atoms with Gasteiger partial charge < -0.3 is 14.0 Å². The lowest BCUT2D eigenvalue weighted by Gasteiger charge is -2.27. The van der Waals surface area contributed by atoms with E-state index in [-0.39, 0.29) is 6.10 Å². The predicted molar refractivity (Wildman–Crippen MR) is 101 cm³/mol. The first-order chi connectivity index (χ1) is 13.7. The van der Waals surface area contributed by atoms with E-state index in [2.05, 4.69) is 32.2 Å². The molecule has 3 heterocycles. The molecule has 140 valence electrons. The topological polar surface area (TPSA) is 83.2 Å². The van der Waals surface area contributed by atoms with Gasteiger partial charge in [-0.3, -0.25) is 0 Å². The van der Waals surface area contributed by atoms with E-state index in [1.165, 1.54) is 6.39 Å². The molecule has 5 rings (SSSR count). The summed E-state index contributed by atoms with van der Waals surface area (Å²) < 4.78 is 16.7. The van der Waals surface area contributed by atoms with Gasteiger partial charge in [-0.05, 0) is 42.3 Å². The maximum absolute atomic E-state index is 6.13. The van der Waals surface area contributed by atoms with Crippen molar-refractivity contribution in [2.75, 3.05) is 6.61 Å². The zero-order chi connectivity index (χ0) is 18.9. The summed E-state index contributed by atoms with van der Waals surface area (Å²) in [6, 6.07) is 12.2. The van der Waals surface area contributed by atoms with Gasteiger partial charge in [0.2, 0.25) is 6.39 Å². The zero-order valence-corrected chi connectivity index (χ0v) is 15.3. The van der Waals surface area contributed by atoms with Crippen LogP contribution < -0.4 is 9.47 Å². The van der Waals surface area contributed by atoms with Gasteiger partial charge in [-0.2, -0.15) is 4.98 Å². The lowest BCUT2D eigenvalue weighted by molar-refractivity contribution is 0.0912. The summed E-state index contributed by atoms with van der Waals surface area (Å²) in [5.41, 5.74) is 3.20. The molecule has 0 fully saturated rings. The molecule has 2 aromatic heterocycles. The molecular weight excluding hydrogens is 356 g/mol. The Hall–Kier alpha value is -3.48. The number of benzene rings is 2. The van der Waals surface area contributed by atoms with E-state index in [0.29, 0.717) is 24.7 Å². The quantitative estimate of drug-likeness (QED) is 0.542. The Morgan fingerprint density at radius 3 is 2.89 bits per heavy atom. The highest BCUT2D eigenvalue weighted by atomic mass is 16.6. The van der Waals surface area contributed by atoms with E-state index in [0.717, 1.165) is 39.9 Å². The molecule has 7 nitrogen and oxygen atoms in total. The molecule has 2 aromatic carbocycles. The van der Waals surface area contributed by atoms with Gasteiger partial charge in [0, 0.05) is 18.0 Å². The summed E-state index contributed by atoms with van der Waals surface area (Å²) in [5.74, 6) is 2.85. The van der Waals surface area contributed by atoms with Crippen LogP contribution >= 0.6 is 0 Å². The van der Waals surface area contributed by atoms with E-state index in [4.69, 9.17) is 14.0 Å². The number of fused-ring (bicyclic) bond motifs is 2. The second-order valence-corrected chi connectivity index (χ2v) is 6.91. The summed E-state index contributed by atoms with van der Waals surface area (Å²) in [5, 5.41) is 4.79. The molecule has 0 spiro atoms. The monoisotopic (exact) mass is 374 g/mol. The maximum atomic E-state index is 6.13. The maximum Gasteiger partial charge on any atom is 0.213 e. The van der Waals surface area contributed by atoms with Gasteiger partial charge in [-0.25, -0.2) is 9.97 Å². The van der Waals surface area contributed by atoms with E-state index in [9.17, 15) is 0 Å². The third kappa shape index (κ3) is 3.38. The molecule has 0 radical (unpaired) electrons. The fraction of sp³-hybridized carbons (Fsp3) is 0.238. The van der Waals surface area contributed by atoms with Crippen molar-refractivity contribution in [2.45, 2.75) is 25.9 Å². The summed E-state index contributed by atoms with van der Waals surface area (Å²) >= 11 is 0. The minimum atomic E-state index is -0.0230. The van der Waals surface area contributed by atoms with Crippen LogP contribution in [-0.4, -0.2) is 32.8 Å². The highest BCUT2D eigenvalue weighted by Gasteiger charge is 2.21. The van der Waals surface area contributed by atoms with Crippen molar-refractivity contribution >= 4 is 10.9 Å². The van der Waals surface area contributed by atoms with Crippen LogP contribution in [0.5, 0.6) is 11.5 Å². The third-order valence-corrected chi connectivity index (χ3v) is 4.70. The van der Waals surface area contributed by atoms with Gasteiger partial charge in [0.15, 0.2) is 17.3 Å². The van der Waals surface area contributed by atoms with Crippen LogP contribution in [0.1, 0.15) is 22.8 Å². The third-order valence-electron chi connectivity index (χ3n) is 4.70. The first kappa shape index (κ1) is 16.7. The zero-order valence-electron chi connectivity index (χ0n) is 15.3. The molecule has 1 unspecified atom stereocenters. The largest absolute Gasteiger partial charge is 0.486 e. The van der Waals surface area contributed by atoms with Gasteiger partial charge in [-0.15, -0.1) is 0 Å². The van der Waals surface area contributed by atoms with E-state index in [1.807, 2.05) is 37.4 Å². The van der Waals surface area contributed by atoms with E-state index >= 15 is 0 Å². The average molecular weight is 374 g/mol. The average Bonchev–Trinajstić information content (AvgIpc) is 3.21. The highest BCUT2D eigenvalue weighted by Crippen LogP contribution is 2.33. The predicted octanol–water partition coefficient (Wildman–Crippen LogP) is 3.29. The Kier molecular flexibility index (Phi) is 4.12. The van der Waals surface area contributed by atoms with Crippen molar-refractivity contribution in [1.29, 1.82) is 0 Å². The molecule has 0 N–H and O–H groups in total. The molecule has 0 amide bonds. The van der Waals surface area contributed by atoms with Crippen LogP contribution in [0.4, 0.5) is 0 Å². The number of nitrogens with zero attached hydrogens (tertiary/aromatic N) is 4. The Bertz CT molecular complexity index is 1130. The molecular formula is C21H18N4O3. The SMILES string of the molecule is Cc1ccc2c(c1)OC(Cc1ccc3nc(Cc4ncon4)ncc3c1)CO2. The molecule has 0 bridgehead atoms. The molecule has 7 heteroatoms. The van der Waals surface area contributed by atoms with Crippen molar-refractivity contribution in [2.24, 2.45) is 0 Å². The van der Waals surface area contributed by atoms with Gasteiger partial charge in [-0.1, -0.05) is 17.3 Å². The van der Waals surface area contributed by atoms with Crippen molar-refractivity contribution in [1.82, 2.24) is 20.1 Å². The van der Waals surface area contributed by atoms with Gasteiger partial charge in [0.25, 0.3) is 0 Å². The molecule has 0 saturated carbocycles. The van der Waals surface area contributed by atoms with Crippen LogP contribution in [-0.2, 0) is 12.8 Å². The summed E-state index contributed by atoms with van der Waals surface area (Å²) in [7, 11) is 0. The van der Waals surface area contributed by atoms with Crippen LogP contribution in [0.3, 0.4) is 0 Å². The number of hydrogen-bond donors (Lipinski definition) is 0. The Balaban J connectivity index is 1.32. The molecule has 1 atom stereocenters. The Morgan fingerprint density at radius 1 is 1.04 bits per heavy atom. The van der Waals surface area contributed by atoms with Gasteiger partial charge in [0.1, 0.15) is 18.5 Å². The molecule has 0 aliphatic carbocycles. The van der Waals surface area contributed by atoms with Crippen molar-refractivity contribution < 1.29 is 14.0 Å². The molecule has 28 heavy (non-hydrogen) atoms. The highest BCUT2D eigenvalue weighted by molar-refractivity contribution is 5.78. The molecule has 1 aliphatic rings. The Labute approximate surface area is 161 Å². The number of ether oxygens (including phenoxy) is 2. The fourth-order valence-electron chi connectivity index (χ4n) is 3.33. The van der Waals surface area contributed by atoms with Crippen LogP contribution in [0.25, 0.3) is 10.9 Å². The molecule has 1 aliphatic heterocycles. The number of hydrogen-bond acceptors (Lipinski definition) is 7. The first-order valence-electron chi connectivity index (χ1n) is 9.13. The van der Waals surface area contributed by atoms with Crippen molar-refractivity contribution in [3.63, 3.8) is 0 Å². The summed E-state index contributed by atoms with van der Waals surface area (Å²) in [6.45, 7) is 2.58.